The monoisotopic (exact) mass is 532 g/mol. The normalized spacial score (nSPS) is 11.4. The lowest BCUT2D eigenvalue weighted by Gasteiger charge is -2.21. The highest BCUT2D eigenvalue weighted by Gasteiger charge is 2.16. The Labute approximate surface area is 221 Å². The van der Waals surface area contributed by atoms with Crippen LogP contribution in [-0.4, -0.2) is 57.2 Å². The van der Waals surface area contributed by atoms with Gasteiger partial charge < -0.3 is 20.1 Å². The number of tetrazole rings is 1. The van der Waals surface area contributed by atoms with Gasteiger partial charge in [-0.1, -0.05) is 41.6 Å². The van der Waals surface area contributed by atoms with E-state index in [4.69, 9.17) is 21.1 Å². The number of thioether (sulfide) groups is 1. The third-order valence-corrected chi connectivity index (χ3v) is 6.13. The van der Waals surface area contributed by atoms with Gasteiger partial charge in [0.05, 0.1) is 12.3 Å². The van der Waals surface area contributed by atoms with E-state index in [1.165, 1.54) is 0 Å². The molecule has 36 heavy (non-hydrogen) atoms. The van der Waals surface area contributed by atoms with Crippen LogP contribution < -0.4 is 20.1 Å². The van der Waals surface area contributed by atoms with Crippen LogP contribution in [0.1, 0.15) is 39.7 Å². The number of ether oxygens (including phenoxy) is 2. The second-order valence-corrected chi connectivity index (χ2v) is 10.5. The van der Waals surface area contributed by atoms with Crippen LogP contribution in [0.25, 0.3) is 5.69 Å². The number of carbonyl (C=O) groups is 1. The molecule has 2 aromatic carbocycles. The molecule has 0 saturated carbocycles. The first-order valence-electron chi connectivity index (χ1n) is 11.8. The van der Waals surface area contributed by atoms with Gasteiger partial charge in [-0.3, -0.25) is 4.79 Å². The van der Waals surface area contributed by atoms with Crippen LogP contribution in [0.15, 0.2) is 47.6 Å². The number of rotatable bonds is 13. The molecule has 0 unspecified atom stereocenters. The minimum atomic E-state index is -0.328. The summed E-state index contributed by atoms with van der Waals surface area (Å²) in [5, 5.41) is 19.6. The Morgan fingerprint density at radius 2 is 1.89 bits per heavy atom. The molecule has 2 N–H and O–H groups in total. The smallest absolute Gasteiger partial charge is 0.258 e. The zero-order valence-corrected chi connectivity index (χ0v) is 22.7. The van der Waals surface area contributed by atoms with Crippen molar-refractivity contribution in [1.29, 1.82) is 0 Å². The van der Waals surface area contributed by atoms with Gasteiger partial charge in [0.25, 0.3) is 5.91 Å². The summed E-state index contributed by atoms with van der Waals surface area (Å²) < 4.78 is 13.2. The van der Waals surface area contributed by atoms with E-state index >= 15 is 0 Å². The zero-order chi connectivity index (χ0) is 26.0. The number of para-hydroxylation sites is 1. The Hall–Kier alpha value is -2.82. The van der Waals surface area contributed by atoms with Gasteiger partial charge in [0.15, 0.2) is 18.1 Å². The van der Waals surface area contributed by atoms with Crippen LogP contribution in [0, 0.1) is 0 Å². The Balaban J connectivity index is 1.47. The van der Waals surface area contributed by atoms with Crippen LogP contribution in [0.2, 0.25) is 5.02 Å². The summed E-state index contributed by atoms with van der Waals surface area (Å²) in [6, 6.07) is 13.4. The predicted molar refractivity (Wildman–Crippen MR) is 142 cm³/mol. The van der Waals surface area contributed by atoms with Gasteiger partial charge in [-0.15, -0.1) is 5.10 Å². The van der Waals surface area contributed by atoms with E-state index in [0.29, 0.717) is 29.7 Å². The van der Waals surface area contributed by atoms with E-state index in [9.17, 15) is 4.79 Å². The van der Waals surface area contributed by atoms with Crippen molar-refractivity contribution in [3.63, 3.8) is 0 Å². The summed E-state index contributed by atoms with van der Waals surface area (Å²) in [7, 11) is 0. The largest absolute Gasteiger partial charge is 0.490 e. The maximum atomic E-state index is 12.1. The molecule has 1 heterocycles. The summed E-state index contributed by atoms with van der Waals surface area (Å²) in [5.41, 5.74) is 1.50. The number of hydrogen-bond donors (Lipinski definition) is 2. The quantitative estimate of drug-likeness (QED) is 0.248. The molecule has 11 heteroatoms. The highest BCUT2D eigenvalue weighted by atomic mass is 35.5. The van der Waals surface area contributed by atoms with Crippen molar-refractivity contribution < 1.29 is 14.3 Å². The Bertz CT molecular complexity index is 1120. The Morgan fingerprint density at radius 1 is 1.14 bits per heavy atom. The molecule has 0 fully saturated rings. The number of benzene rings is 2. The zero-order valence-electron chi connectivity index (χ0n) is 21.1. The summed E-state index contributed by atoms with van der Waals surface area (Å²) in [6.07, 6.45) is 0.923. The van der Waals surface area contributed by atoms with E-state index < -0.39 is 0 Å². The molecule has 9 nitrogen and oxygen atoms in total. The van der Waals surface area contributed by atoms with Crippen molar-refractivity contribution in [3.05, 3.63) is 53.1 Å². The Kier molecular flexibility index (Phi) is 10.4. The first-order valence-corrected chi connectivity index (χ1v) is 13.2. The molecular weight excluding hydrogens is 500 g/mol. The van der Waals surface area contributed by atoms with E-state index in [-0.39, 0.29) is 18.1 Å². The third kappa shape index (κ3) is 8.69. The Morgan fingerprint density at radius 3 is 2.61 bits per heavy atom. The van der Waals surface area contributed by atoms with Crippen molar-refractivity contribution in [3.8, 4) is 17.2 Å². The van der Waals surface area contributed by atoms with Crippen molar-refractivity contribution >= 4 is 29.3 Å². The van der Waals surface area contributed by atoms with Gasteiger partial charge in [0.2, 0.25) is 5.16 Å². The lowest BCUT2D eigenvalue weighted by Crippen LogP contribution is -2.43. The highest BCUT2D eigenvalue weighted by Crippen LogP contribution is 2.33. The lowest BCUT2D eigenvalue weighted by atomic mass is 10.1. The van der Waals surface area contributed by atoms with Crippen LogP contribution in [0.3, 0.4) is 0 Å². The molecule has 0 atom stereocenters. The van der Waals surface area contributed by atoms with Gasteiger partial charge in [0.1, 0.15) is 0 Å². The minimum absolute atomic E-state index is 0.115. The number of hydrogen-bond acceptors (Lipinski definition) is 8. The highest BCUT2D eigenvalue weighted by molar-refractivity contribution is 7.99. The molecule has 0 aliphatic heterocycles. The topological polar surface area (TPSA) is 103 Å². The predicted octanol–water partition coefficient (Wildman–Crippen LogP) is 4.28. The van der Waals surface area contributed by atoms with Gasteiger partial charge >= 0.3 is 0 Å². The number of nitrogens with one attached hydrogen (secondary N) is 2. The van der Waals surface area contributed by atoms with E-state index in [2.05, 4.69) is 26.2 Å². The second kappa shape index (κ2) is 13.5. The number of nitrogens with zero attached hydrogens (tertiary/aromatic N) is 4. The molecule has 0 bridgehead atoms. The molecule has 0 aliphatic carbocycles. The maximum absolute atomic E-state index is 12.1. The maximum Gasteiger partial charge on any atom is 0.258 e. The van der Waals surface area contributed by atoms with Crippen LogP contribution in [-0.2, 0) is 11.3 Å². The van der Waals surface area contributed by atoms with E-state index in [1.807, 2.05) is 64.1 Å². The van der Waals surface area contributed by atoms with Crippen LogP contribution in [0.5, 0.6) is 11.5 Å². The lowest BCUT2D eigenvalue weighted by molar-refractivity contribution is -0.124. The summed E-state index contributed by atoms with van der Waals surface area (Å²) in [5.74, 6) is 1.66. The third-order valence-electron chi connectivity index (χ3n) is 4.77. The molecule has 0 spiro atoms. The number of aromatic nitrogens is 4. The fourth-order valence-electron chi connectivity index (χ4n) is 3.28. The molecule has 0 radical (unpaired) electrons. The fraction of sp³-hybridized carbons (Fsp3) is 0.440. The van der Waals surface area contributed by atoms with Gasteiger partial charge in [-0.25, -0.2) is 0 Å². The number of halogens is 1. The van der Waals surface area contributed by atoms with Crippen molar-refractivity contribution in [2.75, 3.05) is 25.5 Å². The minimum Gasteiger partial charge on any atom is -0.490 e. The standard InChI is InChI=1S/C25H33ClN6O3S/c1-5-34-21-14-18(20(26)15-22(21)35-17-23(33)28-25(2,3)4)16-27-12-9-13-36-24-29-30-31-32(24)19-10-7-6-8-11-19/h6-8,10-11,14-15,27H,5,9,12-13,16-17H2,1-4H3,(H,28,33). The molecular formula is C25H33ClN6O3S. The van der Waals surface area contributed by atoms with Gasteiger partial charge in [-0.2, -0.15) is 4.68 Å². The van der Waals surface area contributed by atoms with Crippen molar-refractivity contribution in [1.82, 2.24) is 30.8 Å². The summed E-state index contributed by atoms with van der Waals surface area (Å²) in [6.45, 7) is 9.39. The first kappa shape index (κ1) is 27.8. The summed E-state index contributed by atoms with van der Waals surface area (Å²) in [4.78, 5) is 12.1. The molecule has 194 valence electrons. The molecule has 0 saturated heterocycles. The van der Waals surface area contributed by atoms with Crippen molar-refractivity contribution in [2.45, 2.75) is 51.4 Å². The van der Waals surface area contributed by atoms with Crippen LogP contribution in [0.4, 0.5) is 0 Å². The average Bonchev–Trinajstić information content (AvgIpc) is 3.30. The van der Waals surface area contributed by atoms with Crippen LogP contribution >= 0.6 is 23.4 Å². The van der Waals surface area contributed by atoms with Crippen molar-refractivity contribution in [2.24, 2.45) is 0 Å². The molecule has 1 amide bonds. The van der Waals surface area contributed by atoms with E-state index in [0.717, 1.165) is 35.1 Å². The van der Waals surface area contributed by atoms with Gasteiger partial charge in [-0.05, 0) is 74.8 Å². The number of amides is 1. The number of carbonyl (C=O) groups excluding carboxylic acids is 1. The first-order chi connectivity index (χ1) is 17.3. The second-order valence-electron chi connectivity index (χ2n) is 9.00. The fourth-order valence-corrected chi connectivity index (χ4v) is 4.33. The van der Waals surface area contributed by atoms with Gasteiger partial charge in [0, 0.05) is 28.9 Å². The molecule has 1 aromatic heterocycles. The van der Waals surface area contributed by atoms with E-state index in [1.54, 1.807) is 22.5 Å². The average molecular weight is 533 g/mol. The molecule has 3 aromatic rings. The SMILES string of the molecule is CCOc1cc(CNCCCSc2nnnn2-c2ccccc2)c(Cl)cc1OCC(=O)NC(C)(C)C. The summed E-state index contributed by atoms with van der Waals surface area (Å²) >= 11 is 8.11. The molecule has 0 aliphatic rings. The molecule has 3 rings (SSSR count).